The van der Waals surface area contributed by atoms with E-state index in [1.807, 2.05) is 30.3 Å². The normalized spacial score (nSPS) is 10.5. The van der Waals surface area contributed by atoms with Crippen LogP contribution in [0.25, 0.3) is 6.08 Å². The fraction of sp³-hybridized carbons (Fsp3) is 0.211. The Hall–Kier alpha value is -2.95. The number of hydrogen-bond donors (Lipinski definition) is 0. The van der Waals surface area contributed by atoms with Gasteiger partial charge in [0.1, 0.15) is 11.3 Å². The second-order valence-corrected chi connectivity index (χ2v) is 4.83. The zero-order valence-electron chi connectivity index (χ0n) is 14.2. The molecule has 0 bridgehead atoms. The van der Waals surface area contributed by atoms with Crippen LogP contribution in [0.2, 0.25) is 0 Å². The Morgan fingerprint density at radius 3 is 2.00 bits per heavy atom. The third kappa shape index (κ3) is 3.51. The lowest BCUT2D eigenvalue weighted by atomic mass is 10.0. The summed E-state index contributed by atoms with van der Waals surface area (Å²) in [6, 6.07) is 11.1. The maximum atomic E-state index is 12.7. The summed E-state index contributed by atoms with van der Waals surface area (Å²) in [4.78, 5) is 12.7. The van der Waals surface area contributed by atoms with Gasteiger partial charge in [0.05, 0.1) is 28.4 Å². The number of carbonyl (C=O) groups excluding carboxylic acids is 1. The van der Waals surface area contributed by atoms with Crippen LogP contribution < -0.4 is 18.9 Å². The van der Waals surface area contributed by atoms with E-state index in [1.165, 1.54) is 34.5 Å². The van der Waals surface area contributed by atoms with E-state index >= 15 is 0 Å². The fourth-order valence-corrected chi connectivity index (χ4v) is 2.35. The third-order valence-electron chi connectivity index (χ3n) is 3.49. The lowest BCUT2D eigenvalue weighted by Gasteiger charge is -2.17. The van der Waals surface area contributed by atoms with Gasteiger partial charge < -0.3 is 18.9 Å². The summed E-state index contributed by atoms with van der Waals surface area (Å²) in [7, 11) is 5.95. The molecule has 5 heteroatoms. The van der Waals surface area contributed by atoms with Crippen molar-refractivity contribution in [2.45, 2.75) is 0 Å². The third-order valence-corrected chi connectivity index (χ3v) is 3.49. The smallest absolute Gasteiger partial charge is 0.204 e. The minimum Gasteiger partial charge on any atom is -0.496 e. The first-order chi connectivity index (χ1) is 11.7. The summed E-state index contributed by atoms with van der Waals surface area (Å²) in [5.41, 5.74) is 1.20. The van der Waals surface area contributed by atoms with Crippen LogP contribution in [0, 0.1) is 0 Å². The average Bonchev–Trinajstić information content (AvgIpc) is 2.64. The molecule has 24 heavy (non-hydrogen) atoms. The number of allylic oxidation sites excluding steroid dienone is 1. The first kappa shape index (κ1) is 17.4. The van der Waals surface area contributed by atoms with Gasteiger partial charge in [0.15, 0.2) is 17.3 Å². The highest BCUT2D eigenvalue weighted by Crippen LogP contribution is 2.45. The molecule has 2 rings (SSSR count). The zero-order valence-corrected chi connectivity index (χ0v) is 14.2. The number of ether oxygens (including phenoxy) is 4. The fourth-order valence-electron chi connectivity index (χ4n) is 2.35. The molecule has 0 saturated carbocycles. The molecular weight excluding hydrogens is 308 g/mol. The molecule has 0 amide bonds. The van der Waals surface area contributed by atoms with Crippen LogP contribution in [0.3, 0.4) is 0 Å². The lowest BCUT2D eigenvalue weighted by Crippen LogP contribution is -2.06. The minimum absolute atomic E-state index is 0.256. The number of methoxy groups -OCH3 is 4. The van der Waals surface area contributed by atoms with Gasteiger partial charge in [-0.2, -0.15) is 0 Å². The van der Waals surface area contributed by atoms with E-state index in [4.69, 9.17) is 18.9 Å². The van der Waals surface area contributed by atoms with E-state index in [9.17, 15) is 4.79 Å². The molecule has 0 heterocycles. The number of ketones is 1. The molecule has 2 aromatic carbocycles. The van der Waals surface area contributed by atoms with Crippen LogP contribution in [0.5, 0.6) is 23.0 Å². The van der Waals surface area contributed by atoms with Gasteiger partial charge in [0.25, 0.3) is 0 Å². The Balaban J connectivity index is 2.51. The van der Waals surface area contributed by atoms with Gasteiger partial charge in [0.2, 0.25) is 5.75 Å². The maximum Gasteiger partial charge on any atom is 0.204 e. The average molecular weight is 328 g/mol. The first-order valence-electron chi connectivity index (χ1n) is 7.30. The van der Waals surface area contributed by atoms with E-state index in [0.29, 0.717) is 17.2 Å². The highest BCUT2D eigenvalue weighted by molar-refractivity contribution is 6.11. The van der Waals surface area contributed by atoms with Crippen molar-refractivity contribution in [3.05, 3.63) is 53.6 Å². The van der Waals surface area contributed by atoms with Crippen LogP contribution in [0.15, 0.2) is 42.5 Å². The summed E-state index contributed by atoms with van der Waals surface area (Å²) in [5, 5.41) is 0. The standard InChI is InChI=1S/C19H20O5/c1-21-15-12-16(22-2)18(23-3)19(24-4)17(15)14(20)11-10-13-8-6-5-7-9-13/h5-12H,1-4H3. The Morgan fingerprint density at radius 1 is 0.833 bits per heavy atom. The highest BCUT2D eigenvalue weighted by atomic mass is 16.5. The number of hydrogen-bond acceptors (Lipinski definition) is 5. The van der Waals surface area contributed by atoms with Gasteiger partial charge in [-0.25, -0.2) is 0 Å². The van der Waals surface area contributed by atoms with E-state index in [1.54, 1.807) is 12.1 Å². The van der Waals surface area contributed by atoms with Crippen molar-refractivity contribution in [2.75, 3.05) is 28.4 Å². The Bertz CT molecular complexity index is 735. The summed E-state index contributed by atoms with van der Waals surface area (Å²) in [6.45, 7) is 0. The van der Waals surface area contributed by atoms with E-state index < -0.39 is 0 Å². The second-order valence-electron chi connectivity index (χ2n) is 4.83. The van der Waals surface area contributed by atoms with Crippen LogP contribution in [0.4, 0.5) is 0 Å². The number of carbonyl (C=O) groups is 1. The van der Waals surface area contributed by atoms with Gasteiger partial charge in [-0.1, -0.05) is 36.4 Å². The SMILES string of the molecule is COc1cc(OC)c(C(=O)C=Cc2ccccc2)c(OC)c1OC. The topological polar surface area (TPSA) is 54.0 Å². The van der Waals surface area contributed by atoms with Gasteiger partial charge in [-0.15, -0.1) is 0 Å². The van der Waals surface area contributed by atoms with Gasteiger partial charge >= 0.3 is 0 Å². The molecule has 0 spiro atoms. The summed E-state index contributed by atoms with van der Waals surface area (Å²) >= 11 is 0. The molecule has 2 aromatic rings. The second kappa shape index (κ2) is 8.06. The van der Waals surface area contributed by atoms with Crippen molar-refractivity contribution in [3.8, 4) is 23.0 Å². The Morgan fingerprint density at radius 2 is 1.46 bits per heavy atom. The summed E-state index contributed by atoms with van der Waals surface area (Å²) in [6.07, 6.45) is 3.21. The number of rotatable bonds is 7. The van der Waals surface area contributed by atoms with Crippen molar-refractivity contribution in [1.82, 2.24) is 0 Å². The molecule has 0 saturated heterocycles. The molecule has 5 nitrogen and oxygen atoms in total. The Labute approximate surface area is 141 Å². The maximum absolute atomic E-state index is 12.7. The van der Waals surface area contributed by atoms with Crippen LogP contribution in [0.1, 0.15) is 15.9 Å². The molecule has 0 aliphatic heterocycles. The molecule has 0 aliphatic rings. The summed E-state index contributed by atoms with van der Waals surface area (Å²) < 4.78 is 21.3. The van der Waals surface area contributed by atoms with Gasteiger partial charge in [-0.05, 0) is 11.6 Å². The minimum atomic E-state index is -0.256. The molecular formula is C19H20O5. The van der Waals surface area contributed by atoms with Gasteiger partial charge in [0, 0.05) is 6.07 Å². The van der Waals surface area contributed by atoms with Crippen LogP contribution in [-0.4, -0.2) is 34.2 Å². The quantitative estimate of drug-likeness (QED) is 0.574. The molecule has 0 aromatic heterocycles. The van der Waals surface area contributed by atoms with Crippen LogP contribution in [-0.2, 0) is 0 Å². The molecule has 0 fully saturated rings. The molecule has 0 N–H and O–H groups in total. The molecule has 0 atom stereocenters. The van der Waals surface area contributed by atoms with Crippen molar-refractivity contribution in [2.24, 2.45) is 0 Å². The van der Waals surface area contributed by atoms with E-state index in [2.05, 4.69) is 0 Å². The van der Waals surface area contributed by atoms with Crippen molar-refractivity contribution in [3.63, 3.8) is 0 Å². The number of benzene rings is 2. The predicted molar refractivity (Wildman–Crippen MR) is 92.5 cm³/mol. The van der Waals surface area contributed by atoms with Crippen molar-refractivity contribution >= 4 is 11.9 Å². The first-order valence-corrected chi connectivity index (χ1v) is 7.30. The predicted octanol–water partition coefficient (Wildman–Crippen LogP) is 3.62. The summed E-state index contributed by atoms with van der Waals surface area (Å²) in [5.74, 6) is 1.14. The lowest BCUT2D eigenvalue weighted by molar-refractivity contribution is 0.104. The van der Waals surface area contributed by atoms with E-state index in [-0.39, 0.29) is 17.1 Å². The van der Waals surface area contributed by atoms with Crippen molar-refractivity contribution in [1.29, 1.82) is 0 Å². The molecule has 126 valence electrons. The molecule has 0 radical (unpaired) electrons. The van der Waals surface area contributed by atoms with Gasteiger partial charge in [-0.3, -0.25) is 4.79 Å². The van der Waals surface area contributed by atoms with E-state index in [0.717, 1.165) is 5.56 Å². The molecule has 0 aliphatic carbocycles. The monoisotopic (exact) mass is 328 g/mol. The zero-order chi connectivity index (χ0) is 17.5. The highest BCUT2D eigenvalue weighted by Gasteiger charge is 2.24. The van der Waals surface area contributed by atoms with Crippen LogP contribution >= 0.6 is 0 Å². The molecule has 0 unspecified atom stereocenters. The largest absolute Gasteiger partial charge is 0.496 e. The Kier molecular flexibility index (Phi) is 5.84. The van der Waals surface area contributed by atoms with Crippen molar-refractivity contribution < 1.29 is 23.7 Å².